The van der Waals surface area contributed by atoms with Crippen LogP contribution in [0, 0.1) is 23.7 Å². The van der Waals surface area contributed by atoms with Crippen LogP contribution in [-0.2, 0) is 38.1 Å². The number of esters is 4. The van der Waals surface area contributed by atoms with Crippen molar-refractivity contribution in [3.8, 4) is 0 Å². The van der Waals surface area contributed by atoms with Gasteiger partial charge in [0, 0.05) is 50.3 Å². The van der Waals surface area contributed by atoms with Gasteiger partial charge in [0.1, 0.15) is 0 Å². The summed E-state index contributed by atoms with van der Waals surface area (Å²) in [6.07, 6.45) is 38.7. The minimum atomic E-state index is -0.194. The normalized spacial score (nSPS) is 15.9. The number of carbonyl (C=O) groups excluding carboxylic acids is 4. The van der Waals surface area contributed by atoms with Crippen LogP contribution < -0.4 is 0 Å². The Morgan fingerprint density at radius 2 is 0.704 bits per heavy atom. The van der Waals surface area contributed by atoms with Gasteiger partial charge in [-0.2, -0.15) is 11.8 Å². The summed E-state index contributed by atoms with van der Waals surface area (Å²) in [5, 5.41) is 0. The minimum absolute atomic E-state index is 0.176. The summed E-state index contributed by atoms with van der Waals surface area (Å²) in [7, 11) is 0. The molecule has 2 aliphatic heterocycles. The van der Waals surface area contributed by atoms with Crippen LogP contribution in [0.25, 0.3) is 0 Å². The predicted molar refractivity (Wildman–Crippen MR) is 297 cm³/mol. The van der Waals surface area contributed by atoms with E-state index in [1.54, 1.807) is 0 Å². The lowest BCUT2D eigenvalue weighted by atomic mass is 9.94. The predicted octanol–water partition coefficient (Wildman–Crippen LogP) is 15.1. The lowest BCUT2D eigenvalue weighted by Gasteiger charge is -2.32. The lowest BCUT2D eigenvalue weighted by molar-refractivity contribution is -0.148. The maximum absolute atomic E-state index is 12.5. The number of ether oxygens (including phenoxy) is 4. The van der Waals surface area contributed by atoms with Gasteiger partial charge in [-0.1, -0.05) is 156 Å². The molecule has 0 spiro atoms. The van der Waals surface area contributed by atoms with Crippen molar-refractivity contribution in [3.05, 3.63) is 0 Å². The zero-order chi connectivity index (χ0) is 51.3. The Kier molecular flexibility index (Phi) is 42.9. The Hall–Kier alpha value is -1.85. The average molecular weight is 1020 g/mol. The van der Waals surface area contributed by atoms with Gasteiger partial charge in [-0.3, -0.25) is 19.2 Å². The fourth-order valence-electron chi connectivity index (χ4n) is 10.4. The fraction of sp³-hybridized carbons (Fsp3) is 0.933. The highest BCUT2D eigenvalue weighted by atomic mass is 32.2. The van der Waals surface area contributed by atoms with Crippen molar-refractivity contribution in [3.63, 3.8) is 0 Å². The summed E-state index contributed by atoms with van der Waals surface area (Å²) in [4.78, 5) is 55.1. The van der Waals surface area contributed by atoms with Gasteiger partial charge < -0.3 is 28.7 Å². The molecule has 2 atom stereocenters. The Balaban J connectivity index is 1.43. The highest BCUT2D eigenvalue weighted by Crippen LogP contribution is 2.25. The molecule has 0 bridgehead atoms. The number of piperidine rings is 2. The molecule has 0 saturated carbocycles. The van der Waals surface area contributed by atoms with Crippen molar-refractivity contribution in [1.82, 2.24) is 9.80 Å². The molecule has 0 N–H and O–H groups in total. The standard InChI is InChI=1S/C60H112N2O8S/c1-5-9-13-17-19-23-29-55(27-21-15-11-7-3)51-69-59(65)33-25-31-57(63)67-47-39-53-35-41-61(42-36-53)45-49-71-50-46-62-43-37-54(38-44-62)40-48-68-58(64)32-26-34-60(66)70-52-56(28-22-16-12-8-4)30-24-20-18-14-10-6-2/h53-56H,5-52H2,1-4H3. The van der Waals surface area contributed by atoms with Crippen molar-refractivity contribution in [2.45, 2.75) is 259 Å². The molecule has 0 aliphatic carbocycles. The molecule has 2 saturated heterocycles. The Bertz CT molecular complexity index is 1180. The van der Waals surface area contributed by atoms with Crippen molar-refractivity contribution in [2.75, 3.05) is 77.2 Å². The monoisotopic (exact) mass is 1020 g/mol. The number of hydrogen-bond donors (Lipinski definition) is 0. The Morgan fingerprint density at radius 1 is 0.408 bits per heavy atom. The fourth-order valence-corrected chi connectivity index (χ4v) is 11.4. The smallest absolute Gasteiger partial charge is 0.305 e. The van der Waals surface area contributed by atoms with E-state index in [-0.39, 0.29) is 49.6 Å². The Morgan fingerprint density at radius 3 is 1.04 bits per heavy atom. The summed E-state index contributed by atoms with van der Waals surface area (Å²) in [5.74, 6) is 3.72. The van der Waals surface area contributed by atoms with Gasteiger partial charge in [0.15, 0.2) is 0 Å². The van der Waals surface area contributed by atoms with E-state index in [1.165, 1.54) is 128 Å². The second-order valence-electron chi connectivity index (χ2n) is 21.8. The molecule has 2 aliphatic rings. The number of thioether (sulfide) groups is 1. The zero-order valence-electron chi connectivity index (χ0n) is 46.8. The van der Waals surface area contributed by atoms with Crippen molar-refractivity contribution in [2.24, 2.45) is 23.7 Å². The van der Waals surface area contributed by atoms with Crippen LogP contribution in [-0.4, -0.2) is 111 Å². The van der Waals surface area contributed by atoms with E-state index in [0.29, 0.717) is 62.9 Å². The third kappa shape index (κ3) is 38.4. The third-order valence-electron chi connectivity index (χ3n) is 15.4. The van der Waals surface area contributed by atoms with Gasteiger partial charge in [-0.25, -0.2) is 0 Å². The van der Waals surface area contributed by atoms with Crippen molar-refractivity contribution < 1.29 is 38.1 Å². The first-order valence-electron chi connectivity index (χ1n) is 30.4. The second kappa shape index (κ2) is 46.7. The molecule has 2 rings (SSSR count). The zero-order valence-corrected chi connectivity index (χ0v) is 47.6. The largest absolute Gasteiger partial charge is 0.466 e. The molecule has 2 heterocycles. The van der Waals surface area contributed by atoms with E-state index >= 15 is 0 Å². The van der Waals surface area contributed by atoms with E-state index < -0.39 is 0 Å². The lowest BCUT2D eigenvalue weighted by Crippen LogP contribution is -2.36. The van der Waals surface area contributed by atoms with Crippen molar-refractivity contribution >= 4 is 35.6 Å². The van der Waals surface area contributed by atoms with Gasteiger partial charge in [-0.05, 0) is 127 Å². The van der Waals surface area contributed by atoms with Gasteiger partial charge in [-0.15, -0.1) is 0 Å². The maximum atomic E-state index is 12.5. The molecule has 2 fully saturated rings. The summed E-state index contributed by atoms with van der Waals surface area (Å²) in [6.45, 7) is 17.8. The first kappa shape index (κ1) is 65.3. The van der Waals surface area contributed by atoms with E-state index in [1.807, 2.05) is 0 Å². The maximum Gasteiger partial charge on any atom is 0.305 e. The van der Waals surface area contributed by atoms with Crippen LogP contribution >= 0.6 is 11.8 Å². The molecular formula is C60H112N2O8S. The molecule has 416 valence electrons. The molecule has 2 unspecified atom stereocenters. The van der Waals surface area contributed by atoms with Gasteiger partial charge in [0.25, 0.3) is 0 Å². The average Bonchev–Trinajstić information content (AvgIpc) is 3.37. The number of carbonyl (C=O) groups is 4. The summed E-state index contributed by atoms with van der Waals surface area (Å²) < 4.78 is 22.6. The number of rotatable bonds is 48. The van der Waals surface area contributed by atoms with Gasteiger partial charge >= 0.3 is 23.9 Å². The van der Waals surface area contributed by atoms with E-state index in [0.717, 1.165) is 115 Å². The van der Waals surface area contributed by atoms with Crippen molar-refractivity contribution in [1.29, 1.82) is 0 Å². The minimum Gasteiger partial charge on any atom is -0.466 e. The van der Waals surface area contributed by atoms with E-state index in [9.17, 15) is 19.2 Å². The van der Waals surface area contributed by atoms with Gasteiger partial charge in [0.2, 0.25) is 0 Å². The molecule has 0 radical (unpaired) electrons. The Labute approximate surface area is 441 Å². The first-order chi connectivity index (χ1) is 34.8. The molecule has 0 amide bonds. The summed E-state index contributed by atoms with van der Waals surface area (Å²) in [6, 6.07) is 0. The van der Waals surface area contributed by atoms with E-state index in [4.69, 9.17) is 18.9 Å². The molecule has 0 aromatic carbocycles. The SMILES string of the molecule is CCCCCCCCC(CCCCCC)COC(=O)CCCC(=O)OCCC1CCN(CCSCCN2CCC(CCOC(=O)CCCC(=O)OCC(CCCCCC)CCCCCCCC)CC2)CC1. The molecule has 71 heavy (non-hydrogen) atoms. The molecule has 10 nitrogen and oxygen atoms in total. The highest BCUT2D eigenvalue weighted by molar-refractivity contribution is 7.99. The molecule has 0 aromatic rings. The van der Waals surface area contributed by atoms with Crippen LogP contribution in [0.3, 0.4) is 0 Å². The topological polar surface area (TPSA) is 112 Å². The number of unbranched alkanes of at least 4 members (excludes halogenated alkanes) is 16. The summed E-state index contributed by atoms with van der Waals surface area (Å²) >= 11 is 2.06. The van der Waals surface area contributed by atoms with E-state index in [2.05, 4.69) is 49.3 Å². The third-order valence-corrected chi connectivity index (χ3v) is 16.4. The molecule has 11 heteroatoms. The first-order valence-corrected chi connectivity index (χ1v) is 31.6. The quantitative estimate of drug-likeness (QED) is 0.0330. The van der Waals surface area contributed by atoms with Crippen LogP contribution in [0.4, 0.5) is 0 Å². The van der Waals surface area contributed by atoms with Crippen LogP contribution in [0.2, 0.25) is 0 Å². The van der Waals surface area contributed by atoms with Crippen LogP contribution in [0.1, 0.15) is 259 Å². The number of nitrogens with zero attached hydrogens (tertiary/aromatic N) is 2. The number of likely N-dealkylation sites (tertiary alicyclic amines) is 2. The van der Waals surface area contributed by atoms with Crippen LogP contribution in [0.15, 0.2) is 0 Å². The van der Waals surface area contributed by atoms with Crippen LogP contribution in [0.5, 0.6) is 0 Å². The second-order valence-corrected chi connectivity index (χ2v) is 23.0. The molecule has 0 aromatic heterocycles. The number of hydrogen-bond acceptors (Lipinski definition) is 11. The summed E-state index contributed by atoms with van der Waals surface area (Å²) in [5.41, 5.74) is 0. The highest BCUT2D eigenvalue weighted by Gasteiger charge is 2.22. The molecular weight excluding hydrogens is 909 g/mol. The van der Waals surface area contributed by atoms with Gasteiger partial charge in [0.05, 0.1) is 26.4 Å².